The topological polar surface area (TPSA) is 67.9 Å². The lowest BCUT2D eigenvalue weighted by Gasteiger charge is -2.32. The maximum atomic E-state index is 13.5. The molecule has 0 unspecified atom stereocenters. The first-order valence-electron chi connectivity index (χ1n) is 10.3. The predicted octanol–water partition coefficient (Wildman–Crippen LogP) is 2.85. The molecule has 2 amide bonds. The molecule has 160 valence electrons. The average molecular weight is 530 g/mol. The summed E-state index contributed by atoms with van der Waals surface area (Å²) >= 11 is 2.29. The molecule has 0 aliphatic carbocycles. The van der Waals surface area contributed by atoms with E-state index in [4.69, 9.17) is 9.47 Å². The number of alkyl halides is 1. The van der Waals surface area contributed by atoms with Crippen molar-refractivity contribution >= 4 is 34.4 Å². The van der Waals surface area contributed by atoms with Crippen molar-refractivity contribution in [2.45, 2.75) is 34.8 Å². The van der Waals surface area contributed by atoms with Crippen LogP contribution >= 0.6 is 22.6 Å². The number of ether oxygens (including phenoxy) is 2. The predicted molar refractivity (Wildman–Crippen MR) is 124 cm³/mol. The number of hydrogen-bond donors (Lipinski definition) is 1. The van der Waals surface area contributed by atoms with Gasteiger partial charge in [-0.1, -0.05) is 77.2 Å². The highest BCUT2D eigenvalue weighted by atomic mass is 127. The Labute approximate surface area is 194 Å². The highest BCUT2D eigenvalue weighted by Gasteiger charge is 2.70. The molecule has 1 spiro atoms. The summed E-state index contributed by atoms with van der Waals surface area (Å²) in [5, 5.41) is 3.03. The number of hydrogen-bond acceptors (Lipinski definition) is 4. The first kappa shape index (κ1) is 20.5. The smallest absolute Gasteiger partial charge is 0.246 e. The second-order valence-electron chi connectivity index (χ2n) is 8.14. The Bertz CT molecular complexity index is 1030. The molecular weight excluding hydrogens is 507 g/mol. The highest BCUT2D eigenvalue weighted by Crippen LogP contribution is 2.54. The first-order valence-corrected chi connectivity index (χ1v) is 11.5. The van der Waals surface area contributed by atoms with Crippen molar-refractivity contribution in [1.82, 2.24) is 10.2 Å². The average Bonchev–Trinajstić information content (AvgIpc) is 3.42. The fourth-order valence-electron chi connectivity index (χ4n) is 4.88. The van der Waals surface area contributed by atoms with Gasteiger partial charge in [-0.25, -0.2) is 0 Å². The molecule has 3 heterocycles. The summed E-state index contributed by atoms with van der Waals surface area (Å²) in [7, 11) is 1.62. The van der Waals surface area contributed by atoms with Crippen LogP contribution in [0.3, 0.4) is 0 Å². The number of halogens is 1. The molecule has 2 bridgehead atoms. The van der Waals surface area contributed by atoms with Crippen molar-refractivity contribution in [2.24, 2.45) is 5.92 Å². The van der Waals surface area contributed by atoms with E-state index in [1.54, 1.807) is 12.0 Å². The van der Waals surface area contributed by atoms with Crippen LogP contribution in [0.1, 0.15) is 11.1 Å². The number of likely N-dealkylation sites (tertiary alicyclic amines) is 1. The van der Waals surface area contributed by atoms with Crippen molar-refractivity contribution in [3.63, 3.8) is 0 Å². The minimum atomic E-state index is -0.902. The van der Waals surface area contributed by atoms with E-state index in [2.05, 4.69) is 27.9 Å². The normalized spacial score (nSPS) is 30.5. The van der Waals surface area contributed by atoms with E-state index in [1.165, 1.54) is 0 Å². The second kappa shape index (κ2) is 7.94. The molecule has 31 heavy (non-hydrogen) atoms. The van der Waals surface area contributed by atoms with Crippen molar-refractivity contribution in [3.05, 3.63) is 77.9 Å². The van der Waals surface area contributed by atoms with Crippen molar-refractivity contribution < 1.29 is 19.1 Å². The number of fused-ring (bicyclic) bond motifs is 1. The molecular formula is C24H23IN2O4. The van der Waals surface area contributed by atoms with Gasteiger partial charge in [0.25, 0.3) is 0 Å². The first-order chi connectivity index (χ1) is 15.0. The lowest BCUT2D eigenvalue weighted by molar-refractivity contribution is -0.139. The molecule has 1 N–H and O–H groups in total. The second-order valence-corrected chi connectivity index (χ2v) is 9.58. The summed E-state index contributed by atoms with van der Waals surface area (Å²) in [4.78, 5) is 28.6. The van der Waals surface area contributed by atoms with E-state index in [1.807, 2.05) is 66.7 Å². The molecule has 6 nitrogen and oxygen atoms in total. The number of carbonyl (C=O) groups is 2. The largest absolute Gasteiger partial charge is 0.497 e. The summed E-state index contributed by atoms with van der Waals surface area (Å²) in [6.45, 7) is 0.748. The van der Waals surface area contributed by atoms with Crippen LogP contribution in [-0.4, -0.2) is 45.5 Å². The molecule has 0 radical (unpaired) electrons. The van der Waals surface area contributed by atoms with Crippen LogP contribution in [0.5, 0.6) is 5.75 Å². The molecule has 2 aromatic carbocycles. The Kier molecular flexibility index (Phi) is 5.26. The molecule has 5 rings (SSSR count). The number of rotatable bonds is 6. The summed E-state index contributed by atoms with van der Waals surface area (Å²) in [6.07, 6.45) is 3.81. The molecule has 0 aromatic heterocycles. The number of benzene rings is 2. The van der Waals surface area contributed by atoms with Crippen molar-refractivity contribution in [3.8, 4) is 5.75 Å². The van der Waals surface area contributed by atoms with Crippen molar-refractivity contribution in [2.75, 3.05) is 7.11 Å². The van der Waals surface area contributed by atoms with E-state index in [0.29, 0.717) is 13.1 Å². The lowest BCUT2D eigenvalue weighted by atomic mass is 9.81. The highest BCUT2D eigenvalue weighted by molar-refractivity contribution is 14.1. The maximum Gasteiger partial charge on any atom is 0.246 e. The molecule has 2 saturated heterocycles. The van der Waals surface area contributed by atoms with Gasteiger partial charge in [-0.05, 0) is 23.3 Å². The molecule has 3 aliphatic heterocycles. The van der Waals surface area contributed by atoms with Crippen molar-refractivity contribution in [1.29, 1.82) is 0 Å². The molecule has 7 heteroatoms. The molecule has 2 fully saturated rings. The fourth-order valence-corrected chi connectivity index (χ4v) is 6.13. The van der Waals surface area contributed by atoms with E-state index < -0.39 is 11.6 Å². The molecule has 5 atom stereocenters. The standard InChI is InChI=1S/C24H23IN2O4/c1-30-17-9-7-16(8-10-17)14-27-21(22(28)26-13-15-5-3-2-4-6-15)24-12-11-18(31-24)20(25)19(24)23(27)29/h2-12,18-21H,13-14H2,1H3,(H,26,28)/t18-,19-,20+,21+,24-/m1/s1. The van der Waals surface area contributed by atoms with E-state index >= 15 is 0 Å². The number of nitrogens with zero attached hydrogens (tertiary/aromatic N) is 1. The van der Waals surface area contributed by atoms with Gasteiger partial charge in [-0.3, -0.25) is 9.59 Å². The summed E-state index contributed by atoms with van der Waals surface area (Å²) < 4.78 is 11.5. The summed E-state index contributed by atoms with van der Waals surface area (Å²) in [5.74, 6) is 0.182. The van der Waals surface area contributed by atoms with Gasteiger partial charge >= 0.3 is 0 Å². The zero-order valence-corrected chi connectivity index (χ0v) is 19.2. The van der Waals surface area contributed by atoms with Gasteiger partial charge in [0, 0.05) is 13.1 Å². The zero-order chi connectivity index (χ0) is 21.6. The van der Waals surface area contributed by atoms with Gasteiger partial charge in [0.2, 0.25) is 11.8 Å². The minimum absolute atomic E-state index is 0.0143. The van der Waals surface area contributed by atoms with Crippen LogP contribution < -0.4 is 10.1 Å². The van der Waals surface area contributed by atoms with Crippen LogP contribution in [-0.2, 0) is 27.4 Å². The van der Waals surface area contributed by atoms with E-state index in [9.17, 15) is 9.59 Å². The third-order valence-electron chi connectivity index (χ3n) is 6.36. The van der Waals surface area contributed by atoms with Gasteiger partial charge in [0.05, 0.1) is 23.1 Å². The van der Waals surface area contributed by atoms with Crippen LogP contribution in [0, 0.1) is 5.92 Å². The third kappa shape index (κ3) is 3.34. The fraction of sp³-hybridized carbons (Fsp3) is 0.333. The summed E-state index contributed by atoms with van der Waals surface area (Å²) in [6, 6.07) is 16.6. The number of amides is 2. The lowest BCUT2D eigenvalue weighted by Crippen LogP contribution is -2.54. The molecule has 3 aliphatic rings. The van der Waals surface area contributed by atoms with E-state index in [0.717, 1.165) is 16.9 Å². The SMILES string of the molecule is COc1ccc(CN2C(=O)[C@H]3[C@@H](I)[C@H]4C=C[C@]3(O4)[C@@H]2C(=O)NCc2ccccc2)cc1. The minimum Gasteiger partial charge on any atom is -0.497 e. The number of nitrogens with one attached hydrogen (secondary N) is 1. The van der Waals surface area contributed by atoms with Gasteiger partial charge in [0.1, 0.15) is 17.4 Å². The Morgan fingerprint density at radius 1 is 1.16 bits per heavy atom. The zero-order valence-electron chi connectivity index (χ0n) is 17.0. The van der Waals surface area contributed by atoms with Gasteiger partial charge in [-0.2, -0.15) is 0 Å². The molecule has 2 aromatic rings. The van der Waals surface area contributed by atoms with Crippen LogP contribution in [0.15, 0.2) is 66.7 Å². The van der Waals surface area contributed by atoms with Crippen LogP contribution in [0.2, 0.25) is 0 Å². The van der Waals surface area contributed by atoms with Crippen LogP contribution in [0.4, 0.5) is 0 Å². The van der Waals surface area contributed by atoms with E-state index in [-0.39, 0.29) is 27.8 Å². The number of carbonyl (C=O) groups excluding carboxylic acids is 2. The Morgan fingerprint density at radius 3 is 2.61 bits per heavy atom. The quantitative estimate of drug-likeness (QED) is 0.355. The Morgan fingerprint density at radius 2 is 1.90 bits per heavy atom. The van der Waals surface area contributed by atoms with Gasteiger partial charge < -0.3 is 19.7 Å². The number of methoxy groups -OCH3 is 1. The van der Waals surface area contributed by atoms with Gasteiger partial charge in [-0.15, -0.1) is 0 Å². The van der Waals surface area contributed by atoms with Gasteiger partial charge in [0.15, 0.2) is 0 Å². The molecule has 0 saturated carbocycles. The Balaban J connectivity index is 1.44. The third-order valence-corrected chi connectivity index (χ3v) is 7.79. The maximum absolute atomic E-state index is 13.5. The summed E-state index contributed by atoms with van der Waals surface area (Å²) in [5.41, 5.74) is 1.05. The van der Waals surface area contributed by atoms with Crippen LogP contribution in [0.25, 0.3) is 0 Å². The monoisotopic (exact) mass is 530 g/mol. The Hall–Kier alpha value is -2.39.